The second-order valence-corrected chi connectivity index (χ2v) is 7.63. The Morgan fingerprint density at radius 2 is 2.11 bits per heavy atom. The van der Waals surface area contributed by atoms with Crippen LogP contribution < -0.4 is 4.74 Å². The Balaban J connectivity index is 1.73. The number of thioether (sulfide) groups is 1. The van der Waals surface area contributed by atoms with Crippen LogP contribution >= 0.6 is 39.3 Å². The smallest absolute Gasteiger partial charge is 0.212 e. The molecule has 0 fully saturated rings. The van der Waals surface area contributed by atoms with Gasteiger partial charge < -0.3 is 9.84 Å². The van der Waals surface area contributed by atoms with Gasteiger partial charge in [0.25, 0.3) is 0 Å². The predicted molar refractivity (Wildman–Crippen MR) is 111 cm³/mol. The van der Waals surface area contributed by atoms with Crippen molar-refractivity contribution in [2.24, 2.45) is 5.10 Å². The summed E-state index contributed by atoms with van der Waals surface area (Å²) >= 11 is 10.7. The van der Waals surface area contributed by atoms with E-state index in [4.69, 9.17) is 16.3 Å². The second kappa shape index (κ2) is 9.25. The van der Waals surface area contributed by atoms with Crippen molar-refractivity contribution in [3.63, 3.8) is 0 Å². The van der Waals surface area contributed by atoms with Gasteiger partial charge in [-0.15, -0.1) is 10.2 Å². The molecule has 3 aromatic rings. The molecule has 0 saturated heterocycles. The van der Waals surface area contributed by atoms with Crippen LogP contribution in [0.25, 0.3) is 0 Å². The molecule has 9 heteroatoms. The minimum Gasteiger partial charge on any atom is -0.503 e. The van der Waals surface area contributed by atoms with Crippen LogP contribution in [0.2, 0.25) is 5.02 Å². The first kappa shape index (κ1) is 19.7. The molecule has 3 rings (SSSR count). The third-order valence-corrected chi connectivity index (χ3v) is 5.32. The number of aromatic nitrogens is 3. The van der Waals surface area contributed by atoms with Gasteiger partial charge in [-0.2, -0.15) is 9.78 Å². The van der Waals surface area contributed by atoms with Crippen molar-refractivity contribution in [2.75, 3.05) is 6.61 Å². The molecule has 0 bridgehead atoms. The normalized spacial score (nSPS) is 11.2. The molecule has 1 heterocycles. The average molecular weight is 468 g/mol. The number of rotatable bonds is 7. The van der Waals surface area contributed by atoms with Gasteiger partial charge in [0.1, 0.15) is 6.33 Å². The molecule has 1 N–H and O–H groups in total. The minimum absolute atomic E-state index is 0.0671. The van der Waals surface area contributed by atoms with Crippen LogP contribution in [0, 0.1) is 0 Å². The summed E-state index contributed by atoms with van der Waals surface area (Å²) in [5.74, 6) is 1.19. The van der Waals surface area contributed by atoms with Crippen molar-refractivity contribution in [1.82, 2.24) is 14.9 Å². The molecule has 0 aliphatic carbocycles. The summed E-state index contributed by atoms with van der Waals surface area (Å²) < 4.78 is 7.57. The number of ether oxygens (including phenoxy) is 1. The van der Waals surface area contributed by atoms with Gasteiger partial charge in [0, 0.05) is 10.8 Å². The molecule has 0 spiro atoms. The lowest BCUT2D eigenvalue weighted by Crippen LogP contribution is -1.96. The molecule has 2 aromatic carbocycles. The molecule has 1 aromatic heterocycles. The lowest BCUT2D eigenvalue weighted by molar-refractivity contribution is 0.317. The summed E-state index contributed by atoms with van der Waals surface area (Å²) in [5, 5.41) is 23.8. The van der Waals surface area contributed by atoms with Crippen LogP contribution in [0.4, 0.5) is 0 Å². The maximum atomic E-state index is 9.99. The Bertz CT molecular complexity index is 947. The van der Waals surface area contributed by atoms with Crippen LogP contribution in [-0.4, -0.2) is 32.8 Å². The molecular weight excluding hydrogens is 452 g/mol. The van der Waals surface area contributed by atoms with Crippen LogP contribution in [0.1, 0.15) is 18.1 Å². The van der Waals surface area contributed by atoms with Crippen LogP contribution in [0.15, 0.2) is 57.5 Å². The number of phenols is 1. The van der Waals surface area contributed by atoms with Crippen molar-refractivity contribution in [3.8, 4) is 11.5 Å². The van der Waals surface area contributed by atoms with Crippen molar-refractivity contribution in [1.29, 1.82) is 0 Å². The highest BCUT2D eigenvalue weighted by Gasteiger charge is 2.09. The predicted octanol–water partition coefficient (Wildman–Crippen LogP) is 4.97. The summed E-state index contributed by atoms with van der Waals surface area (Å²) in [5.41, 5.74) is 1.90. The zero-order valence-electron chi connectivity index (χ0n) is 14.3. The minimum atomic E-state index is 0.0671. The fourth-order valence-corrected chi connectivity index (χ4v) is 3.59. The van der Waals surface area contributed by atoms with Gasteiger partial charge in [-0.05, 0) is 58.2 Å². The number of hydrogen-bond donors (Lipinski definition) is 1. The Kier molecular flexibility index (Phi) is 6.76. The van der Waals surface area contributed by atoms with Crippen LogP contribution in [-0.2, 0) is 5.75 Å². The summed E-state index contributed by atoms with van der Waals surface area (Å²) in [6, 6.07) is 11.1. The monoisotopic (exact) mass is 466 g/mol. The fraction of sp³-hybridized carbons (Fsp3) is 0.167. The number of phenolic OH excluding ortho intramolecular Hbond substituents is 1. The third-order valence-electron chi connectivity index (χ3n) is 3.46. The number of aromatic hydroxyl groups is 1. The standard InChI is InChI=1S/C18H16BrClN4O2S/c1-2-26-16-8-13(7-15(19)17(16)25)9-22-24-11-21-23-18(24)27-10-12-3-5-14(20)6-4-12/h3-9,11,25H,2,10H2,1H3. The lowest BCUT2D eigenvalue weighted by atomic mass is 10.2. The Morgan fingerprint density at radius 1 is 1.33 bits per heavy atom. The van der Waals surface area contributed by atoms with Gasteiger partial charge in [0.15, 0.2) is 11.5 Å². The maximum absolute atomic E-state index is 9.99. The van der Waals surface area contributed by atoms with E-state index in [2.05, 4.69) is 31.2 Å². The van der Waals surface area contributed by atoms with E-state index in [0.29, 0.717) is 27.0 Å². The van der Waals surface area contributed by atoms with Crippen molar-refractivity contribution >= 4 is 45.5 Å². The molecule has 27 heavy (non-hydrogen) atoms. The van der Waals surface area contributed by atoms with Gasteiger partial charge in [0.05, 0.1) is 17.3 Å². The molecule has 0 saturated carbocycles. The average Bonchev–Trinajstić information content (AvgIpc) is 3.11. The zero-order valence-corrected chi connectivity index (χ0v) is 17.5. The highest BCUT2D eigenvalue weighted by molar-refractivity contribution is 9.10. The number of nitrogens with zero attached hydrogens (tertiary/aromatic N) is 4. The molecular formula is C18H16BrClN4O2S. The zero-order chi connectivity index (χ0) is 19.2. The Labute approximate surface area is 174 Å². The first-order valence-electron chi connectivity index (χ1n) is 8.03. The third kappa shape index (κ3) is 5.24. The van der Waals surface area contributed by atoms with Gasteiger partial charge in [-0.25, -0.2) is 0 Å². The summed E-state index contributed by atoms with van der Waals surface area (Å²) in [4.78, 5) is 0. The Hall–Kier alpha value is -2.03. The van der Waals surface area contributed by atoms with Crippen molar-refractivity contribution in [2.45, 2.75) is 17.8 Å². The van der Waals surface area contributed by atoms with Crippen molar-refractivity contribution < 1.29 is 9.84 Å². The van der Waals surface area contributed by atoms with E-state index in [1.165, 1.54) is 11.8 Å². The molecule has 0 atom stereocenters. The van der Waals surface area contributed by atoms with E-state index >= 15 is 0 Å². The van der Waals surface area contributed by atoms with Gasteiger partial charge in [-0.3, -0.25) is 0 Å². The quantitative estimate of drug-likeness (QED) is 0.392. The highest BCUT2D eigenvalue weighted by Crippen LogP contribution is 2.35. The van der Waals surface area contributed by atoms with E-state index in [1.54, 1.807) is 29.4 Å². The van der Waals surface area contributed by atoms with E-state index in [1.807, 2.05) is 31.2 Å². The molecule has 0 radical (unpaired) electrons. The van der Waals surface area contributed by atoms with Crippen LogP contribution in [0.5, 0.6) is 11.5 Å². The first-order chi connectivity index (χ1) is 13.1. The van der Waals surface area contributed by atoms with Gasteiger partial charge in [0.2, 0.25) is 5.16 Å². The molecule has 6 nitrogen and oxygen atoms in total. The van der Waals surface area contributed by atoms with E-state index in [0.717, 1.165) is 16.9 Å². The molecule has 0 aliphatic rings. The van der Waals surface area contributed by atoms with E-state index in [9.17, 15) is 5.11 Å². The highest BCUT2D eigenvalue weighted by atomic mass is 79.9. The van der Waals surface area contributed by atoms with Crippen LogP contribution in [0.3, 0.4) is 0 Å². The molecule has 0 aliphatic heterocycles. The van der Waals surface area contributed by atoms with Gasteiger partial charge in [-0.1, -0.05) is 35.5 Å². The summed E-state index contributed by atoms with van der Waals surface area (Å²) in [7, 11) is 0. The fourth-order valence-electron chi connectivity index (χ4n) is 2.18. The number of halogens is 2. The molecule has 140 valence electrons. The SMILES string of the molecule is CCOc1cc(C=Nn2cnnc2SCc2ccc(Cl)cc2)cc(Br)c1O. The van der Waals surface area contributed by atoms with Gasteiger partial charge >= 0.3 is 0 Å². The second-order valence-electron chi connectivity index (χ2n) is 5.40. The molecule has 0 unspecified atom stereocenters. The largest absolute Gasteiger partial charge is 0.503 e. The maximum Gasteiger partial charge on any atom is 0.212 e. The van der Waals surface area contributed by atoms with E-state index < -0.39 is 0 Å². The van der Waals surface area contributed by atoms with E-state index in [-0.39, 0.29) is 5.75 Å². The number of hydrogen-bond acceptors (Lipinski definition) is 6. The topological polar surface area (TPSA) is 72.5 Å². The summed E-state index contributed by atoms with van der Waals surface area (Å²) in [6.45, 7) is 2.31. The summed E-state index contributed by atoms with van der Waals surface area (Å²) in [6.07, 6.45) is 3.20. The first-order valence-corrected chi connectivity index (χ1v) is 10.2. The molecule has 0 amide bonds. The Morgan fingerprint density at radius 3 is 2.85 bits per heavy atom. The lowest BCUT2D eigenvalue weighted by Gasteiger charge is -2.08. The van der Waals surface area contributed by atoms with Crippen molar-refractivity contribution in [3.05, 3.63) is 63.3 Å². The number of benzene rings is 2.